The monoisotopic (exact) mass is 375 g/mol. The molecular formula is C23H36O2P. The molecule has 3 heteroatoms. The first kappa shape index (κ1) is 21.3. The molecule has 1 aliphatic rings. The van der Waals surface area contributed by atoms with Crippen LogP contribution in [0.2, 0.25) is 0 Å². The molecule has 0 amide bonds. The Hall–Kier alpha value is -1.01. The van der Waals surface area contributed by atoms with Gasteiger partial charge in [-0.05, 0) is 51.2 Å². The summed E-state index contributed by atoms with van der Waals surface area (Å²) in [6.45, 7) is 8.34. The van der Waals surface area contributed by atoms with Gasteiger partial charge in [0.1, 0.15) is 5.16 Å². The lowest BCUT2D eigenvalue weighted by Gasteiger charge is -2.35. The highest BCUT2D eigenvalue weighted by Crippen LogP contribution is 2.52. The zero-order chi connectivity index (χ0) is 19.2. The van der Waals surface area contributed by atoms with Crippen molar-refractivity contribution in [1.29, 1.82) is 0 Å². The van der Waals surface area contributed by atoms with Crippen molar-refractivity contribution < 1.29 is 9.36 Å². The molecule has 1 fully saturated rings. The molecule has 0 saturated heterocycles. The lowest BCUT2D eigenvalue weighted by atomic mass is 9.80. The molecule has 2 rings (SSSR count). The first-order valence-electron chi connectivity index (χ1n) is 10.5. The smallest absolute Gasteiger partial charge is 0.180 e. The van der Waals surface area contributed by atoms with Gasteiger partial charge in [0, 0.05) is 11.7 Å². The van der Waals surface area contributed by atoms with E-state index in [1.165, 1.54) is 31.2 Å². The van der Waals surface area contributed by atoms with Gasteiger partial charge in [0.2, 0.25) is 0 Å². The van der Waals surface area contributed by atoms with Gasteiger partial charge in [0.25, 0.3) is 0 Å². The maximum Gasteiger partial charge on any atom is 0.180 e. The zero-order valence-electron chi connectivity index (χ0n) is 17.2. The number of unbranched alkanes of at least 4 members (excludes halogenated alkanes) is 4. The van der Waals surface area contributed by atoms with Gasteiger partial charge in [0.15, 0.2) is 5.78 Å². The van der Waals surface area contributed by atoms with E-state index in [0.717, 1.165) is 61.4 Å². The average Bonchev–Trinajstić information content (AvgIpc) is 2.61. The standard InChI is InChI=1S/C23H36O2P/c1-5-6-7-8-12-15-26(25)23(13-10-9-11-14-23)22(24)21-19(3)16-18(2)17-20(21)4/h16-17H,5-15H2,1-4H3. The number of hydrogen-bond donors (Lipinski definition) is 0. The predicted molar refractivity (Wildman–Crippen MR) is 112 cm³/mol. The summed E-state index contributed by atoms with van der Waals surface area (Å²) in [5.41, 5.74) is 4.12. The maximum absolute atomic E-state index is 13.7. The molecule has 1 aliphatic carbocycles. The highest BCUT2D eigenvalue weighted by atomic mass is 31.1. The fourth-order valence-corrected chi connectivity index (χ4v) is 6.66. The minimum absolute atomic E-state index is 0.168. The summed E-state index contributed by atoms with van der Waals surface area (Å²) >= 11 is 0. The molecule has 2 nitrogen and oxygen atoms in total. The van der Waals surface area contributed by atoms with Crippen LogP contribution in [0.4, 0.5) is 0 Å². The Morgan fingerprint density at radius 2 is 1.54 bits per heavy atom. The molecule has 0 aromatic heterocycles. The van der Waals surface area contributed by atoms with Crippen molar-refractivity contribution in [2.24, 2.45) is 0 Å². The van der Waals surface area contributed by atoms with Crippen molar-refractivity contribution in [2.45, 2.75) is 97.1 Å². The number of aryl methyl sites for hydroxylation is 3. The molecular weight excluding hydrogens is 339 g/mol. The molecule has 1 aromatic carbocycles. The summed E-state index contributed by atoms with van der Waals surface area (Å²) in [6, 6.07) is 4.18. The second-order valence-corrected chi connectivity index (χ2v) is 10.3. The molecule has 1 saturated carbocycles. The van der Waals surface area contributed by atoms with E-state index in [4.69, 9.17) is 0 Å². The van der Waals surface area contributed by atoms with Crippen LogP contribution in [0.5, 0.6) is 0 Å². The van der Waals surface area contributed by atoms with Crippen molar-refractivity contribution in [1.82, 2.24) is 0 Å². The molecule has 1 radical (unpaired) electrons. The Labute approximate surface area is 160 Å². The lowest BCUT2D eigenvalue weighted by molar-refractivity contribution is 0.0911. The number of carbonyl (C=O) groups excluding carboxylic acids is 1. The van der Waals surface area contributed by atoms with Gasteiger partial charge in [-0.2, -0.15) is 0 Å². The third-order valence-electron chi connectivity index (χ3n) is 5.95. The quantitative estimate of drug-likeness (QED) is 0.258. The minimum atomic E-state index is -1.50. The van der Waals surface area contributed by atoms with Gasteiger partial charge in [-0.15, -0.1) is 0 Å². The van der Waals surface area contributed by atoms with E-state index in [9.17, 15) is 9.36 Å². The number of carbonyl (C=O) groups is 1. The van der Waals surface area contributed by atoms with Gasteiger partial charge in [-0.25, -0.2) is 0 Å². The second-order valence-electron chi connectivity index (χ2n) is 8.21. The number of benzene rings is 1. The summed E-state index contributed by atoms with van der Waals surface area (Å²) in [5, 5.41) is -0.608. The molecule has 0 heterocycles. The van der Waals surface area contributed by atoms with Crippen molar-refractivity contribution in [3.8, 4) is 0 Å². The summed E-state index contributed by atoms with van der Waals surface area (Å²) in [4.78, 5) is 13.7. The largest absolute Gasteiger partial charge is 0.293 e. The van der Waals surface area contributed by atoms with Crippen molar-refractivity contribution in [3.63, 3.8) is 0 Å². The van der Waals surface area contributed by atoms with Crippen LogP contribution in [0.1, 0.15) is 98.2 Å². The molecule has 1 aromatic rings. The third-order valence-corrected chi connectivity index (χ3v) is 8.28. The number of hydrogen-bond acceptors (Lipinski definition) is 2. The van der Waals surface area contributed by atoms with Crippen molar-refractivity contribution in [2.75, 3.05) is 6.16 Å². The first-order chi connectivity index (χ1) is 12.4. The third kappa shape index (κ3) is 4.83. The van der Waals surface area contributed by atoms with Gasteiger partial charge in [-0.1, -0.05) is 69.6 Å². The first-order valence-corrected chi connectivity index (χ1v) is 11.9. The van der Waals surface area contributed by atoms with E-state index in [0.29, 0.717) is 0 Å². The van der Waals surface area contributed by atoms with Crippen LogP contribution in [-0.2, 0) is 4.57 Å². The molecule has 0 N–H and O–H groups in total. The SMILES string of the molecule is CCCCCCC[P](=O)C1(C(=O)c2c(C)cc(C)cc2C)CCCCC1. The summed E-state index contributed by atoms with van der Waals surface area (Å²) in [7, 11) is -1.50. The second kappa shape index (κ2) is 9.79. The highest BCUT2D eigenvalue weighted by molar-refractivity contribution is 7.48. The van der Waals surface area contributed by atoms with E-state index in [1.807, 2.05) is 13.8 Å². The number of rotatable bonds is 9. The van der Waals surface area contributed by atoms with Crippen LogP contribution in [0.15, 0.2) is 12.1 Å². The van der Waals surface area contributed by atoms with Gasteiger partial charge in [-0.3, -0.25) is 9.36 Å². The van der Waals surface area contributed by atoms with E-state index in [1.54, 1.807) is 0 Å². The van der Waals surface area contributed by atoms with E-state index in [2.05, 4.69) is 26.0 Å². The molecule has 0 spiro atoms. The molecule has 1 unspecified atom stereocenters. The van der Waals surface area contributed by atoms with Crippen molar-refractivity contribution >= 4 is 13.6 Å². The fourth-order valence-electron chi connectivity index (χ4n) is 4.57. The van der Waals surface area contributed by atoms with Crippen LogP contribution in [0.3, 0.4) is 0 Å². The Balaban J connectivity index is 2.23. The topological polar surface area (TPSA) is 34.1 Å². The lowest BCUT2D eigenvalue weighted by Crippen LogP contribution is -2.38. The number of ketones is 1. The molecule has 145 valence electrons. The number of Topliss-reactive ketones (excluding diaryl/α,β-unsaturated/α-hetero) is 1. The Morgan fingerprint density at radius 1 is 0.962 bits per heavy atom. The Kier molecular flexibility index (Phi) is 8.02. The zero-order valence-corrected chi connectivity index (χ0v) is 18.1. The summed E-state index contributed by atoms with van der Waals surface area (Å²) in [6.07, 6.45) is 11.4. The van der Waals surface area contributed by atoms with Gasteiger partial charge < -0.3 is 0 Å². The molecule has 26 heavy (non-hydrogen) atoms. The van der Waals surface area contributed by atoms with Gasteiger partial charge in [0.05, 0.1) is 7.80 Å². The predicted octanol–water partition coefficient (Wildman–Crippen LogP) is 7.30. The minimum Gasteiger partial charge on any atom is -0.293 e. The molecule has 1 atom stereocenters. The van der Waals surface area contributed by atoms with Crippen LogP contribution in [0.25, 0.3) is 0 Å². The van der Waals surface area contributed by atoms with Gasteiger partial charge >= 0.3 is 0 Å². The maximum atomic E-state index is 13.7. The molecule has 0 bridgehead atoms. The normalized spacial score (nSPS) is 17.2. The van der Waals surface area contributed by atoms with Crippen LogP contribution >= 0.6 is 7.80 Å². The van der Waals surface area contributed by atoms with E-state index in [-0.39, 0.29) is 5.78 Å². The van der Waals surface area contributed by atoms with Crippen LogP contribution in [-0.4, -0.2) is 17.1 Å². The van der Waals surface area contributed by atoms with E-state index < -0.39 is 13.0 Å². The average molecular weight is 376 g/mol. The molecule has 0 aliphatic heterocycles. The van der Waals surface area contributed by atoms with Crippen LogP contribution < -0.4 is 0 Å². The summed E-state index contributed by atoms with van der Waals surface area (Å²) < 4.78 is 13.4. The summed E-state index contributed by atoms with van der Waals surface area (Å²) in [5.74, 6) is 0.168. The van der Waals surface area contributed by atoms with Crippen molar-refractivity contribution in [3.05, 3.63) is 34.4 Å². The van der Waals surface area contributed by atoms with Crippen LogP contribution in [0, 0.1) is 20.8 Å². The Bertz CT molecular complexity index is 619. The highest BCUT2D eigenvalue weighted by Gasteiger charge is 2.46. The fraction of sp³-hybridized carbons (Fsp3) is 0.696. The Morgan fingerprint density at radius 3 is 2.12 bits per heavy atom. The van der Waals surface area contributed by atoms with E-state index >= 15 is 0 Å².